The van der Waals surface area contributed by atoms with Gasteiger partial charge in [-0.2, -0.15) is 0 Å². The van der Waals surface area contributed by atoms with Crippen LogP contribution in [0.15, 0.2) is 42.6 Å². The maximum atomic E-state index is 11.8. The molecule has 25 heavy (non-hydrogen) atoms. The Balaban J connectivity index is 1.64. The highest BCUT2D eigenvalue weighted by atomic mass is 16.1. The van der Waals surface area contributed by atoms with Crippen molar-refractivity contribution in [3.63, 3.8) is 0 Å². The number of pyridine rings is 1. The molecular weight excluding hydrogens is 312 g/mol. The summed E-state index contributed by atoms with van der Waals surface area (Å²) in [6.07, 6.45) is 1.74. The minimum absolute atomic E-state index is 0.410. The molecule has 0 saturated carbocycles. The van der Waals surface area contributed by atoms with Gasteiger partial charge in [0.2, 0.25) is 0 Å². The van der Waals surface area contributed by atoms with Crippen molar-refractivity contribution in [2.45, 2.75) is 13.0 Å². The van der Waals surface area contributed by atoms with E-state index in [2.05, 4.69) is 53.0 Å². The number of amides is 1. The number of carbonyl (C=O) groups is 1. The van der Waals surface area contributed by atoms with Crippen LogP contribution < -0.4 is 10.6 Å². The fourth-order valence-corrected chi connectivity index (χ4v) is 4.66. The Labute approximate surface area is 148 Å². The Morgan fingerprint density at radius 1 is 1.16 bits per heavy atom. The molecule has 2 saturated heterocycles. The first-order valence-electron chi connectivity index (χ1n) is 8.82. The van der Waals surface area contributed by atoms with E-state index >= 15 is 0 Å². The van der Waals surface area contributed by atoms with Gasteiger partial charge in [-0.25, -0.2) is 4.98 Å². The SMILES string of the molecule is Cc1ccccc1[C@H]1[C@@H]2CN(c3ncccc3C(N)=O)C[C@@H]2CN1C. The third-order valence-corrected chi connectivity index (χ3v) is 5.75. The molecule has 3 heterocycles. The Bertz CT molecular complexity index is 806. The standard InChI is InChI=1S/C20H24N4O/c1-13-6-3-4-7-15(13)18-17-12-24(11-14(17)10-23(18)2)20-16(19(21)25)8-5-9-22-20/h3-9,14,17-18H,10-12H2,1-2H3,(H2,21,25)/t14-,17+,18-/m0/s1. The number of hydrogen-bond donors (Lipinski definition) is 1. The molecule has 2 aliphatic rings. The first kappa shape index (κ1) is 16.1. The van der Waals surface area contributed by atoms with Crippen LogP contribution in [0.4, 0.5) is 5.82 Å². The highest BCUT2D eigenvalue weighted by Gasteiger charge is 2.47. The molecule has 1 aromatic heterocycles. The molecule has 2 N–H and O–H groups in total. The molecule has 1 aromatic carbocycles. The van der Waals surface area contributed by atoms with Crippen LogP contribution in [0.1, 0.15) is 27.5 Å². The van der Waals surface area contributed by atoms with Gasteiger partial charge in [0, 0.05) is 37.8 Å². The highest BCUT2D eigenvalue weighted by Crippen LogP contribution is 2.45. The number of primary amides is 1. The van der Waals surface area contributed by atoms with Crippen molar-refractivity contribution in [1.82, 2.24) is 9.88 Å². The number of anilines is 1. The van der Waals surface area contributed by atoms with E-state index in [0.717, 1.165) is 25.5 Å². The molecule has 1 amide bonds. The van der Waals surface area contributed by atoms with Gasteiger partial charge in [0.15, 0.2) is 0 Å². The van der Waals surface area contributed by atoms with E-state index in [1.54, 1.807) is 18.3 Å². The monoisotopic (exact) mass is 336 g/mol. The lowest BCUT2D eigenvalue weighted by Crippen LogP contribution is -2.31. The van der Waals surface area contributed by atoms with Crippen LogP contribution in [-0.4, -0.2) is 42.5 Å². The van der Waals surface area contributed by atoms with Gasteiger partial charge >= 0.3 is 0 Å². The van der Waals surface area contributed by atoms with E-state index in [1.165, 1.54) is 11.1 Å². The zero-order chi connectivity index (χ0) is 17.6. The average molecular weight is 336 g/mol. The van der Waals surface area contributed by atoms with Crippen molar-refractivity contribution in [1.29, 1.82) is 0 Å². The predicted octanol–water partition coefficient (Wildman–Crippen LogP) is 2.23. The van der Waals surface area contributed by atoms with E-state index < -0.39 is 5.91 Å². The Hall–Kier alpha value is -2.40. The molecule has 0 spiro atoms. The van der Waals surface area contributed by atoms with Crippen molar-refractivity contribution in [2.75, 3.05) is 31.6 Å². The number of aryl methyl sites for hydroxylation is 1. The average Bonchev–Trinajstić information content (AvgIpc) is 3.12. The Kier molecular flexibility index (Phi) is 3.96. The number of carbonyl (C=O) groups excluding carboxylic acids is 1. The van der Waals surface area contributed by atoms with E-state index in [0.29, 0.717) is 23.4 Å². The Morgan fingerprint density at radius 3 is 2.72 bits per heavy atom. The van der Waals surface area contributed by atoms with Gasteiger partial charge in [-0.1, -0.05) is 24.3 Å². The number of fused-ring (bicyclic) bond motifs is 1. The Morgan fingerprint density at radius 2 is 1.96 bits per heavy atom. The number of rotatable bonds is 3. The molecule has 2 aromatic rings. The minimum atomic E-state index is -0.410. The molecule has 5 heteroatoms. The topological polar surface area (TPSA) is 62.5 Å². The normalized spacial score (nSPS) is 26.0. The van der Waals surface area contributed by atoms with Crippen LogP contribution in [0.5, 0.6) is 0 Å². The lowest BCUT2D eigenvalue weighted by atomic mass is 9.88. The third kappa shape index (κ3) is 2.68. The quantitative estimate of drug-likeness (QED) is 0.934. The van der Waals surface area contributed by atoms with Crippen LogP contribution in [0, 0.1) is 18.8 Å². The van der Waals surface area contributed by atoms with Crippen LogP contribution >= 0.6 is 0 Å². The molecule has 4 rings (SSSR count). The summed E-state index contributed by atoms with van der Waals surface area (Å²) in [6.45, 7) is 5.09. The lowest BCUT2D eigenvalue weighted by Gasteiger charge is -2.28. The smallest absolute Gasteiger partial charge is 0.252 e. The van der Waals surface area contributed by atoms with Gasteiger partial charge < -0.3 is 10.6 Å². The van der Waals surface area contributed by atoms with Crippen molar-refractivity contribution in [2.24, 2.45) is 17.6 Å². The molecule has 3 atom stereocenters. The first-order valence-corrected chi connectivity index (χ1v) is 8.82. The lowest BCUT2D eigenvalue weighted by molar-refractivity contribution is 0.100. The minimum Gasteiger partial charge on any atom is -0.365 e. The van der Waals surface area contributed by atoms with Gasteiger partial charge in [-0.15, -0.1) is 0 Å². The summed E-state index contributed by atoms with van der Waals surface area (Å²) in [5.41, 5.74) is 8.82. The van der Waals surface area contributed by atoms with Crippen LogP contribution in [0.25, 0.3) is 0 Å². The van der Waals surface area contributed by atoms with Gasteiger partial charge in [0.25, 0.3) is 5.91 Å². The predicted molar refractivity (Wildman–Crippen MR) is 98.5 cm³/mol. The second-order valence-corrected chi connectivity index (χ2v) is 7.31. The van der Waals surface area contributed by atoms with Crippen molar-refractivity contribution >= 4 is 11.7 Å². The first-order chi connectivity index (χ1) is 12.1. The van der Waals surface area contributed by atoms with Crippen LogP contribution in [0.2, 0.25) is 0 Å². The molecule has 0 bridgehead atoms. The number of nitrogens with two attached hydrogens (primary N) is 1. The summed E-state index contributed by atoms with van der Waals surface area (Å²) in [7, 11) is 2.22. The van der Waals surface area contributed by atoms with Gasteiger partial charge in [0.05, 0.1) is 5.56 Å². The molecule has 0 unspecified atom stereocenters. The van der Waals surface area contributed by atoms with Crippen LogP contribution in [0.3, 0.4) is 0 Å². The molecule has 130 valence electrons. The van der Waals surface area contributed by atoms with Crippen molar-refractivity contribution in [3.05, 3.63) is 59.3 Å². The van der Waals surface area contributed by atoms with E-state index in [9.17, 15) is 4.79 Å². The summed E-state index contributed by atoms with van der Waals surface area (Å²) < 4.78 is 0. The number of hydrogen-bond acceptors (Lipinski definition) is 4. The van der Waals surface area contributed by atoms with Crippen LogP contribution in [-0.2, 0) is 0 Å². The number of benzene rings is 1. The molecule has 0 aliphatic carbocycles. The van der Waals surface area contributed by atoms with E-state index in [-0.39, 0.29) is 0 Å². The maximum absolute atomic E-state index is 11.8. The summed E-state index contributed by atoms with van der Waals surface area (Å²) in [5, 5.41) is 0. The summed E-state index contributed by atoms with van der Waals surface area (Å²) in [4.78, 5) is 20.9. The largest absolute Gasteiger partial charge is 0.365 e. The molecule has 5 nitrogen and oxygen atoms in total. The zero-order valence-corrected chi connectivity index (χ0v) is 14.7. The third-order valence-electron chi connectivity index (χ3n) is 5.75. The molecular formula is C20H24N4O. The van der Waals surface area contributed by atoms with Gasteiger partial charge in [0.1, 0.15) is 5.82 Å². The molecule has 2 fully saturated rings. The number of aromatic nitrogens is 1. The van der Waals surface area contributed by atoms with Crippen molar-refractivity contribution in [3.8, 4) is 0 Å². The second kappa shape index (κ2) is 6.15. The fraction of sp³-hybridized carbons (Fsp3) is 0.400. The number of nitrogens with zero attached hydrogens (tertiary/aromatic N) is 3. The van der Waals surface area contributed by atoms with E-state index in [4.69, 9.17) is 5.73 Å². The zero-order valence-electron chi connectivity index (χ0n) is 14.7. The fourth-order valence-electron chi connectivity index (χ4n) is 4.66. The summed E-state index contributed by atoms with van der Waals surface area (Å²) in [6, 6.07) is 12.6. The molecule has 2 aliphatic heterocycles. The summed E-state index contributed by atoms with van der Waals surface area (Å²) in [5.74, 6) is 1.44. The maximum Gasteiger partial charge on any atom is 0.252 e. The van der Waals surface area contributed by atoms with E-state index in [1.807, 2.05) is 0 Å². The van der Waals surface area contributed by atoms with Gasteiger partial charge in [-0.3, -0.25) is 9.69 Å². The second-order valence-electron chi connectivity index (χ2n) is 7.31. The van der Waals surface area contributed by atoms with Gasteiger partial charge in [-0.05, 0) is 43.1 Å². The number of likely N-dealkylation sites (tertiary alicyclic amines) is 1. The highest BCUT2D eigenvalue weighted by molar-refractivity contribution is 5.97. The molecule has 0 radical (unpaired) electrons. The summed E-state index contributed by atoms with van der Waals surface area (Å²) >= 11 is 0. The van der Waals surface area contributed by atoms with Crippen molar-refractivity contribution < 1.29 is 4.79 Å².